The van der Waals surface area contributed by atoms with Crippen LogP contribution in [0.1, 0.15) is 57.1 Å². The highest BCUT2D eigenvalue weighted by Gasteiger charge is 2.20. The lowest BCUT2D eigenvalue weighted by Crippen LogP contribution is -2.24. The first-order valence-electron chi connectivity index (χ1n) is 7.39. The van der Waals surface area contributed by atoms with Crippen molar-refractivity contribution in [2.24, 2.45) is 5.92 Å². The number of nitrogens with one attached hydrogen (secondary N) is 1. The molecule has 19 heavy (non-hydrogen) atoms. The highest BCUT2D eigenvalue weighted by Crippen LogP contribution is 2.32. The summed E-state index contributed by atoms with van der Waals surface area (Å²) in [6, 6.07) is 5.44. The van der Waals surface area contributed by atoms with Gasteiger partial charge in [-0.15, -0.1) is 0 Å². The molecule has 106 valence electrons. The molecular formula is C16H23ClFN. The molecule has 1 unspecified atom stereocenters. The molecule has 1 fully saturated rings. The summed E-state index contributed by atoms with van der Waals surface area (Å²) in [5, 5.41) is 3.69. The Morgan fingerprint density at radius 2 is 2.05 bits per heavy atom. The smallest absolute Gasteiger partial charge is 0.142 e. The summed E-state index contributed by atoms with van der Waals surface area (Å²) in [6.07, 6.45) is 7.81. The van der Waals surface area contributed by atoms with Crippen molar-refractivity contribution in [1.82, 2.24) is 5.32 Å². The highest BCUT2D eigenvalue weighted by atomic mass is 35.5. The van der Waals surface area contributed by atoms with E-state index in [1.54, 1.807) is 12.1 Å². The molecule has 0 aliphatic heterocycles. The molecule has 1 N–H and O–H groups in total. The van der Waals surface area contributed by atoms with Crippen LogP contribution in [0.3, 0.4) is 0 Å². The van der Waals surface area contributed by atoms with Crippen molar-refractivity contribution in [1.29, 1.82) is 0 Å². The van der Waals surface area contributed by atoms with Crippen LogP contribution in [0.4, 0.5) is 4.39 Å². The van der Waals surface area contributed by atoms with E-state index in [-0.39, 0.29) is 16.9 Å². The van der Waals surface area contributed by atoms with Crippen molar-refractivity contribution >= 4 is 11.6 Å². The lowest BCUT2D eigenvalue weighted by Gasteiger charge is -2.27. The lowest BCUT2D eigenvalue weighted by molar-refractivity contribution is 0.301. The molecule has 0 amide bonds. The Hall–Kier alpha value is -0.600. The molecule has 0 spiro atoms. The third-order valence-corrected chi connectivity index (χ3v) is 4.40. The standard InChI is InChI=1S/C16H23ClFN/c1-2-19-16(10-12-6-4-3-5-7-12)13-8-9-14(17)15(18)11-13/h8-9,11-12,16,19H,2-7,10H2,1H3. The number of rotatable bonds is 5. The SMILES string of the molecule is CCNC(CC1CCCCC1)c1ccc(Cl)c(F)c1. The Morgan fingerprint density at radius 1 is 1.32 bits per heavy atom. The van der Waals surface area contributed by atoms with Crippen LogP contribution >= 0.6 is 11.6 Å². The minimum atomic E-state index is -0.314. The van der Waals surface area contributed by atoms with Crippen LogP contribution < -0.4 is 5.32 Å². The van der Waals surface area contributed by atoms with Gasteiger partial charge in [-0.3, -0.25) is 0 Å². The third kappa shape index (κ3) is 4.19. The lowest BCUT2D eigenvalue weighted by atomic mass is 9.83. The van der Waals surface area contributed by atoms with Crippen molar-refractivity contribution in [2.45, 2.75) is 51.5 Å². The summed E-state index contributed by atoms with van der Waals surface area (Å²) in [7, 11) is 0. The number of benzene rings is 1. The Labute approximate surface area is 120 Å². The summed E-state index contributed by atoms with van der Waals surface area (Å²) in [5.74, 6) is 0.460. The zero-order valence-electron chi connectivity index (χ0n) is 11.6. The van der Waals surface area contributed by atoms with Gasteiger partial charge in [-0.25, -0.2) is 4.39 Å². The van der Waals surface area contributed by atoms with Crippen molar-refractivity contribution < 1.29 is 4.39 Å². The first kappa shape index (κ1) is 14.8. The first-order valence-corrected chi connectivity index (χ1v) is 7.76. The van der Waals surface area contributed by atoms with Crippen molar-refractivity contribution in [3.8, 4) is 0 Å². The van der Waals surface area contributed by atoms with E-state index in [2.05, 4.69) is 12.2 Å². The van der Waals surface area contributed by atoms with Crippen LogP contribution in [0.15, 0.2) is 18.2 Å². The van der Waals surface area contributed by atoms with Gasteiger partial charge in [-0.2, -0.15) is 0 Å². The van der Waals surface area contributed by atoms with Gasteiger partial charge < -0.3 is 5.32 Å². The van der Waals surface area contributed by atoms with Gasteiger partial charge >= 0.3 is 0 Å². The Kier molecular flexibility index (Phi) is 5.65. The van der Waals surface area contributed by atoms with E-state index < -0.39 is 0 Å². The van der Waals surface area contributed by atoms with Crippen molar-refractivity contribution in [2.75, 3.05) is 6.54 Å². The van der Waals surface area contributed by atoms with Gasteiger partial charge in [0.05, 0.1) is 5.02 Å². The van der Waals surface area contributed by atoms with Crippen LogP contribution in [0.2, 0.25) is 5.02 Å². The molecule has 1 aliphatic carbocycles. The summed E-state index contributed by atoms with van der Waals surface area (Å²) in [6.45, 7) is 3.00. The number of hydrogen-bond donors (Lipinski definition) is 1. The molecule has 3 heteroatoms. The predicted octanol–water partition coefficient (Wildman–Crippen LogP) is 5.10. The van der Waals surface area contributed by atoms with Gasteiger partial charge in [-0.05, 0) is 36.6 Å². The fraction of sp³-hybridized carbons (Fsp3) is 0.625. The summed E-state index contributed by atoms with van der Waals surface area (Å²) >= 11 is 5.76. The minimum absolute atomic E-state index is 0.205. The summed E-state index contributed by atoms with van der Waals surface area (Å²) < 4.78 is 13.6. The van der Waals surface area contributed by atoms with Crippen molar-refractivity contribution in [3.05, 3.63) is 34.6 Å². The van der Waals surface area contributed by atoms with Crippen LogP contribution in [-0.4, -0.2) is 6.54 Å². The van der Waals surface area contributed by atoms with Gasteiger partial charge in [0.15, 0.2) is 0 Å². The minimum Gasteiger partial charge on any atom is -0.310 e. The monoisotopic (exact) mass is 283 g/mol. The highest BCUT2D eigenvalue weighted by molar-refractivity contribution is 6.30. The predicted molar refractivity (Wildman–Crippen MR) is 79.0 cm³/mol. The maximum absolute atomic E-state index is 13.6. The molecule has 0 radical (unpaired) electrons. The normalized spacial score (nSPS) is 18.5. The Morgan fingerprint density at radius 3 is 2.68 bits per heavy atom. The molecule has 0 heterocycles. The van der Waals surface area contributed by atoms with Crippen molar-refractivity contribution in [3.63, 3.8) is 0 Å². The third-order valence-electron chi connectivity index (χ3n) is 4.09. The quantitative estimate of drug-likeness (QED) is 0.793. The van der Waals surface area contributed by atoms with E-state index >= 15 is 0 Å². The molecule has 0 aromatic heterocycles. The fourth-order valence-electron chi connectivity index (χ4n) is 3.07. The van der Waals surface area contributed by atoms with Gasteiger partial charge in [0.1, 0.15) is 5.82 Å². The molecule has 1 aliphatic rings. The van der Waals surface area contributed by atoms with E-state index in [4.69, 9.17) is 11.6 Å². The largest absolute Gasteiger partial charge is 0.310 e. The van der Waals surface area contributed by atoms with Crippen LogP contribution in [0, 0.1) is 11.7 Å². The number of hydrogen-bond acceptors (Lipinski definition) is 1. The second kappa shape index (κ2) is 7.25. The van der Waals surface area contributed by atoms with Crippen LogP contribution in [0.25, 0.3) is 0 Å². The number of halogens is 2. The van der Waals surface area contributed by atoms with Gasteiger partial charge in [-0.1, -0.05) is 56.7 Å². The van der Waals surface area contributed by atoms with E-state index in [9.17, 15) is 4.39 Å². The van der Waals surface area contributed by atoms with Gasteiger partial charge in [0.2, 0.25) is 0 Å². The maximum Gasteiger partial charge on any atom is 0.142 e. The average Bonchev–Trinajstić information content (AvgIpc) is 2.43. The topological polar surface area (TPSA) is 12.0 Å². The summed E-state index contributed by atoms with van der Waals surface area (Å²) in [4.78, 5) is 0. The molecule has 0 bridgehead atoms. The molecule has 1 atom stereocenters. The van der Waals surface area contributed by atoms with E-state index in [1.807, 2.05) is 6.07 Å². The molecule has 1 nitrogen and oxygen atoms in total. The molecule has 0 saturated heterocycles. The summed E-state index contributed by atoms with van der Waals surface area (Å²) in [5.41, 5.74) is 1.02. The molecule has 1 saturated carbocycles. The Balaban J connectivity index is 2.07. The first-order chi connectivity index (χ1) is 9.20. The van der Waals surface area contributed by atoms with Gasteiger partial charge in [0.25, 0.3) is 0 Å². The second-order valence-corrected chi connectivity index (χ2v) is 5.93. The van der Waals surface area contributed by atoms with E-state index in [0.717, 1.165) is 24.4 Å². The second-order valence-electron chi connectivity index (χ2n) is 5.52. The maximum atomic E-state index is 13.6. The van der Waals surface area contributed by atoms with E-state index in [0.29, 0.717) is 0 Å². The van der Waals surface area contributed by atoms with Gasteiger partial charge in [0, 0.05) is 6.04 Å². The zero-order valence-corrected chi connectivity index (χ0v) is 12.3. The molecule has 1 aromatic rings. The molecular weight excluding hydrogens is 261 g/mol. The van der Waals surface area contributed by atoms with E-state index in [1.165, 1.54) is 32.1 Å². The van der Waals surface area contributed by atoms with Crippen LogP contribution in [-0.2, 0) is 0 Å². The zero-order chi connectivity index (χ0) is 13.7. The molecule has 2 rings (SSSR count). The molecule has 1 aromatic carbocycles. The fourth-order valence-corrected chi connectivity index (χ4v) is 3.19. The van der Waals surface area contributed by atoms with Crippen LogP contribution in [0.5, 0.6) is 0 Å². The Bertz CT molecular complexity index is 402. The average molecular weight is 284 g/mol.